The van der Waals surface area contributed by atoms with Gasteiger partial charge >= 0.3 is 0 Å². The summed E-state index contributed by atoms with van der Waals surface area (Å²) in [6.45, 7) is 8.25. The second kappa shape index (κ2) is 5.06. The van der Waals surface area contributed by atoms with E-state index in [4.69, 9.17) is 0 Å². The first-order valence-corrected chi connectivity index (χ1v) is 5.10. The molecule has 1 rings (SSSR count). The van der Waals surface area contributed by atoms with E-state index >= 15 is 0 Å². The van der Waals surface area contributed by atoms with E-state index in [1.165, 1.54) is 36.0 Å². The standard InChI is InChI=1S/C13H19/c1-4-5-6-9-13-10-7-8-11(2)12(13)3/h7-8,10H,1,4-6,9H2,2-3H3. The minimum atomic E-state index is 1.06. The lowest BCUT2D eigenvalue weighted by Gasteiger charge is -2.07. The van der Waals surface area contributed by atoms with Crippen molar-refractivity contribution < 1.29 is 0 Å². The van der Waals surface area contributed by atoms with Crippen molar-refractivity contribution in [3.63, 3.8) is 0 Å². The summed E-state index contributed by atoms with van der Waals surface area (Å²) in [5.41, 5.74) is 4.38. The highest BCUT2D eigenvalue weighted by molar-refractivity contribution is 5.33. The smallest absolute Gasteiger partial charge is 0.0276 e. The van der Waals surface area contributed by atoms with E-state index in [9.17, 15) is 0 Å². The molecule has 0 aliphatic heterocycles. The molecule has 0 nitrogen and oxygen atoms in total. The Morgan fingerprint density at radius 3 is 2.62 bits per heavy atom. The molecule has 0 fully saturated rings. The minimum Gasteiger partial charge on any atom is -0.0617 e. The van der Waals surface area contributed by atoms with Crippen molar-refractivity contribution in [2.75, 3.05) is 0 Å². The maximum absolute atomic E-state index is 3.86. The van der Waals surface area contributed by atoms with Crippen molar-refractivity contribution in [3.05, 3.63) is 41.8 Å². The third-order valence-electron chi connectivity index (χ3n) is 2.66. The number of hydrogen-bond donors (Lipinski definition) is 0. The van der Waals surface area contributed by atoms with Gasteiger partial charge in [0.2, 0.25) is 0 Å². The second-order valence-corrected chi connectivity index (χ2v) is 3.67. The summed E-state index contributed by atoms with van der Waals surface area (Å²) in [5, 5.41) is 0. The first-order chi connectivity index (χ1) is 6.25. The van der Waals surface area contributed by atoms with Crippen LogP contribution in [0, 0.1) is 20.8 Å². The molecule has 0 aliphatic carbocycles. The topological polar surface area (TPSA) is 0 Å². The summed E-state index contributed by atoms with van der Waals surface area (Å²) in [7, 11) is 0. The van der Waals surface area contributed by atoms with Crippen LogP contribution in [-0.2, 0) is 6.42 Å². The summed E-state index contributed by atoms with van der Waals surface area (Å²) >= 11 is 0. The normalized spacial score (nSPS) is 10.4. The van der Waals surface area contributed by atoms with E-state index in [0.717, 1.165) is 6.42 Å². The van der Waals surface area contributed by atoms with Crippen LogP contribution in [0.4, 0.5) is 0 Å². The Hall–Kier alpha value is -0.780. The van der Waals surface area contributed by atoms with Crippen LogP contribution in [0.15, 0.2) is 18.2 Å². The second-order valence-electron chi connectivity index (χ2n) is 3.67. The minimum absolute atomic E-state index is 1.06. The van der Waals surface area contributed by atoms with E-state index in [1.54, 1.807) is 0 Å². The number of rotatable bonds is 4. The highest BCUT2D eigenvalue weighted by Gasteiger charge is 1.99. The molecule has 0 aromatic heterocycles. The van der Waals surface area contributed by atoms with Gasteiger partial charge in [0.25, 0.3) is 0 Å². The maximum Gasteiger partial charge on any atom is -0.0276 e. The average molecular weight is 175 g/mol. The Morgan fingerprint density at radius 1 is 1.15 bits per heavy atom. The molecule has 0 heteroatoms. The molecule has 1 radical (unpaired) electrons. The van der Waals surface area contributed by atoms with Crippen molar-refractivity contribution in [3.8, 4) is 0 Å². The summed E-state index contributed by atoms with van der Waals surface area (Å²) in [5.74, 6) is 0. The molecule has 0 bridgehead atoms. The van der Waals surface area contributed by atoms with Crippen LogP contribution in [0.25, 0.3) is 0 Å². The largest absolute Gasteiger partial charge is 0.0617 e. The zero-order valence-electron chi connectivity index (χ0n) is 8.77. The van der Waals surface area contributed by atoms with E-state index in [0.29, 0.717) is 0 Å². The molecule has 0 heterocycles. The van der Waals surface area contributed by atoms with Gasteiger partial charge in [-0.1, -0.05) is 38.0 Å². The fourth-order valence-corrected chi connectivity index (χ4v) is 1.57. The van der Waals surface area contributed by atoms with Gasteiger partial charge in [0.1, 0.15) is 0 Å². The molecule has 0 atom stereocenters. The molecule has 0 aliphatic rings. The summed E-state index contributed by atoms with van der Waals surface area (Å²) in [6, 6.07) is 6.58. The van der Waals surface area contributed by atoms with Crippen LogP contribution >= 0.6 is 0 Å². The van der Waals surface area contributed by atoms with E-state index in [2.05, 4.69) is 39.0 Å². The zero-order chi connectivity index (χ0) is 9.68. The van der Waals surface area contributed by atoms with Gasteiger partial charge in [-0.15, -0.1) is 0 Å². The molecular formula is C13H19. The first-order valence-electron chi connectivity index (χ1n) is 5.10. The van der Waals surface area contributed by atoms with Gasteiger partial charge in [0.05, 0.1) is 0 Å². The lowest BCUT2D eigenvalue weighted by molar-refractivity contribution is 0.743. The Kier molecular flexibility index (Phi) is 4.01. The number of hydrogen-bond acceptors (Lipinski definition) is 0. The summed E-state index contributed by atoms with van der Waals surface area (Å²) < 4.78 is 0. The Balaban J connectivity index is 2.61. The number of benzene rings is 1. The Bertz CT molecular complexity index is 261. The highest BCUT2D eigenvalue weighted by Crippen LogP contribution is 2.15. The molecule has 0 spiro atoms. The third kappa shape index (κ3) is 2.87. The molecule has 1 aromatic carbocycles. The van der Waals surface area contributed by atoms with Crippen LogP contribution in [0.2, 0.25) is 0 Å². The molecule has 0 N–H and O–H groups in total. The SMILES string of the molecule is [CH2]CCCCc1cccc(C)c1C. The fraction of sp³-hybridized carbons (Fsp3) is 0.462. The number of unbranched alkanes of at least 4 members (excludes halogenated alkanes) is 2. The van der Waals surface area contributed by atoms with Crippen molar-refractivity contribution in [1.82, 2.24) is 0 Å². The van der Waals surface area contributed by atoms with Crippen LogP contribution in [0.5, 0.6) is 0 Å². The van der Waals surface area contributed by atoms with E-state index < -0.39 is 0 Å². The quantitative estimate of drug-likeness (QED) is 0.610. The van der Waals surface area contributed by atoms with E-state index in [1.807, 2.05) is 0 Å². The van der Waals surface area contributed by atoms with Gasteiger partial charge in [0, 0.05) is 0 Å². The maximum atomic E-state index is 3.86. The Morgan fingerprint density at radius 2 is 1.92 bits per heavy atom. The fourth-order valence-electron chi connectivity index (χ4n) is 1.57. The zero-order valence-corrected chi connectivity index (χ0v) is 8.77. The first kappa shape index (κ1) is 10.3. The van der Waals surface area contributed by atoms with Crippen LogP contribution in [-0.4, -0.2) is 0 Å². The Labute approximate surface area is 82.0 Å². The molecule has 0 saturated heterocycles. The van der Waals surface area contributed by atoms with Crippen LogP contribution < -0.4 is 0 Å². The van der Waals surface area contributed by atoms with Gasteiger partial charge in [0.15, 0.2) is 0 Å². The third-order valence-corrected chi connectivity index (χ3v) is 2.66. The van der Waals surface area contributed by atoms with Gasteiger partial charge in [-0.05, 0) is 43.4 Å². The molecular weight excluding hydrogens is 156 g/mol. The molecule has 1 aromatic rings. The predicted molar refractivity (Wildman–Crippen MR) is 58.8 cm³/mol. The lowest BCUT2D eigenvalue weighted by atomic mass is 9.99. The molecule has 0 unspecified atom stereocenters. The van der Waals surface area contributed by atoms with Gasteiger partial charge in [-0.3, -0.25) is 0 Å². The van der Waals surface area contributed by atoms with Crippen molar-refractivity contribution in [1.29, 1.82) is 0 Å². The monoisotopic (exact) mass is 175 g/mol. The molecule has 71 valence electrons. The number of aryl methyl sites for hydroxylation is 2. The van der Waals surface area contributed by atoms with Gasteiger partial charge in [-0.25, -0.2) is 0 Å². The lowest BCUT2D eigenvalue weighted by Crippen LogP contribution is -1.92. The predicted octanol–water partition coefficient (Wildman–Crippen LogP) is 3.85. The van der Waals surface area contributed by atoms with Crippen LogP contribution in [0.3, 0.4) is 0 Å². The summed E-state index contributed by atoms with van der Waals surface area (Å²) in [6.07, 6.45) is 4.79. The molecule has 13 heavy (non-hydrogen) atoms. The van der Waals surface area contributed by atoms with Gasteiger partial charge < -0.3 is 0 Å². The molecule has 0 saturated carbocycles. The highest BCUT2D eigenvalue weighted by atomic mass is 14.0. The van der Waals surface area contributed by atoms with Gasteiger partial charge in [-0.2, -0.15) is 0 Å². The molecule has 0 amide bonds. The average Bonchev–Trinajstić information content (AvgIpc) is 2.13. The van der Waals surface area contributed by atoms with Crippen molar-refractivity contribution in [2.45, 2.75) is 39.5 Å². The van der Waals surface area contributed by atoms with Crippen molar-refractivity contribution >= 4 is 0 Å². The van der Waals surface area contributed by atoms with Crippen LogP contribution in [0.1, 0.15) is 36.0 Å². The van der Waals surface area contributed by atoms with Crippen molar-refractivity contribution in [2.24, 2.45) is 0 Å². The van der Waals surface area contributed by atoms with E-state index in [-0.39, 0.29) is 0 Å². The summed E-state index contributed by atoms with van der Waals surface area (Å²) in [4.78, 5) is 0.